The zero-order chi connectivity index (χ0) is 19.1. The average Bonchev–Trinajstić information content (AvgIpc) is 3.18. The van der Waals surface area contributed by atoms with Gasteiger partial charge in [-0.3, -0.25) is 0 Å². The molecule has 1 heterocycles. The van der Waals surface area contributed by atoms with E-state index in [1.807, 2.05) is 6.07 Å². The minimum Gasteiger partial charge on any atom is -0.361 e. The smallest absolute Gasteiger partial charge is 0.182 e. The number of rotatable bonds is 9. The van der Waals surface area contributed by atoms with E-state index in [-0.39, 0.29) is 5.41 Å². The summed E-state index contributed by atoms with van der Waals surface area (Å²) in [7, 11) is 0. The number of nitrogens with one attached hydrogen (secondary N) is 1. The second kappa shape index (κ2) is 9.90. The number of hydrogen-bond donors (Lipinski definition) is 1. The van der Waals surface area contributed by atoms with Gasteiger partial charge in [-0.05, 0) is 56.6 Å². The van der Waals surface area contributed by atoms with Crippen molar-refractivity contribution in [3.63, 3.8) is 0 Å². The maximum Gasteiger partial charge on any atom is 0.182 e. The molecule has 1 aromatic carbocycles. The Labute approximate surface area is 173 Å². The van der Waals surface area contributed by atoms with E-state index in [9.17, 15) is 0 Å². The van der Waals surface area contributed by atoms with Crippen LogP contribution in [0.15, 0.2) is 29.6 Å². The zero-order valence-electron chi connectivity index (χ0n) is 16.6. The van der Waals surface area contributed by atoms with Gasteiger partial charge in [0.15, 0.2) is 5.13 Å². The van der Waals surface area contributed by atoms with Gasteiger partial charge in [-0.2, -0.15) is 0 Å². The molecule has 148 valence electrons. The summed E-state index contributed by atoms with van der Waals surface area (Å²) < 4.78 is 0. The Hall–Kier alpha value is -1.10. The Balaban J connectivity index is 1.70. The third-order valence-corrected chi connectivity index (χ3v) is 6.94. The van der Waals surface area contributed by atoms with Gasteiger partial charge >= 0.3 is 0 Å². The van der Waals surface area contributed by atoms with Crippen molar-refractivity contribution in [2.24, 2.45) is 0 Å². The minimum absolute atomic E-state index is 0.0286. The van der Waals surface area contributed by atoms with E-state index in [2.05, 4.69) is 47.6 Å². The largest absolute Gasteiger partial charge is 0.361 e. The lowest BCUT2D eigenvalue weighted by Gasteiger charge is -2.36. The van der Waals surface area contributed by atoms with Crippen molar-refractivity contribution in [1.29, 1.82) is 0 Å². The van der Waals surface area contributed by atoms with Crippen molar-refractivity contribution in [2.45, 2.75) is 57.8 Å². The van der Waals surface area contributed by atoms with Gasteiger partial charge in [-0.25, -0.2) is 4.98 Å². The molecule has 0 unspecified atom stereocenters. The highest BCUT2D eigenvalue weighted by molar-refractivity contribution is 7.13. The molecular formula is C22H32ClN3S. The highest BCUT2D eigenvalue weighted by Crippen LogP contribution is 2.45. The fourth-order valence-corrected chi connectivity index (χ4v) is 5.28. The van der Waals surface area contributed by atoms with Gasteiger partial charge < -0.3 is 10.2 Å². The number of anilines is 1. The average molecular weight is 406 g/mol. The van der Waals surface area contributed by atoms with Crippen molar-refractivity contribution >= 4 is 28.1 Å². The molecule has 5 heteroatoms. The van der Waals surface area contributed by atoms with Crippen molar-refractivity contribution in [2.75, 3.05) is 31.5 Å². The molecule has 1 N–H and O–H groups in total. The first-order valence-electron chi connectivity index (χ1n) is 10.4. The zero-order valence-corrected chi connectivity index (χ0v) is 18.2. The lowest BCUT2D eigenvalue weighted by molar-refractivity contribution is 0.303. The molecule has 27 heavy (non-hydrogen) atoms. The minimum atomic E-state index is 0.0286. The van der Waals surface area contributed by atoms with E-state index >= 15 is 0 Å². The van der Waals surface area contributed by atoms with Crippen LogP contribution in [0.25, 0.3) is 0 Å². The predicted molar refractivity (Wildman–Crippen MR) is 118 cm³/mol. The Morgan fingerprint density at radius 2 is 1.96 bits per heavy atom. The first-order valence-corrected chi connectivity index (χ1v) is 11.6. The number of halogens is 1. The number of hydrogen-bond acceptors (Lipinski definition) is 4. The molecule has 0 aliphatic heterocycles. The van der Waals surface area contributed by atoms with Gasteiger partial charge in [0.05, 0.1) is 5.69 Å². The maximum atomic E-state index is 6.32. The van der Waals surface area contributed by atoms with Crippen molar-refractivity contribution in [3.8, 4) is 0 Å². The van der Waals surface area contributed by atoms with Crippen LogP contribution in [0.2, 0.25) is 5.02 Å². The molecular weight excluding hydrogens is 374 g/mol. The molecule has 0 bridgehead atoms. The summed E-state index contributed by atoms with van der Waals surface area (Å²) in [5.74, 6) is 0. The fourth-order valence-electron chi connectivity index (χ4n) is 4.25. The quantitative estimate of drug-likeness (QED) is 0.504. The molecule has 1 aliphatic carbocycles. The SMILES string of the molecule is CCN(CC)CCCNc1nc(C2(c3cccc(Cl)c3)CCCCC2)cs1. The monoisotopic (exact) mass is 405 g/mol. The normalized spacial score (nSPS) is 16.6. The van der Waals surface area contributed by atoms with Gasteiger partial charge in [0.1, 0.15) is 0 Å². The van der Waals surface area contributed by atoms with Gasteiger partial charge in [0, 0.05) is 22.4 Å². The van der Waals surface area contributed by atoms with Crippen LogP contribution in [0, 0.1) is 0 Å². The molecule has 1 saturated carbocycles. The van der Waals surface area contributed by atoms with Gasteiger partial charge in [-0.1, -0.05) is 56.8 Å². The van der Waals surface area contributed by atoms with Gasteiger partial charge in [0.2, 0.25) is 0 Å². The van der Waals surface area contributed by atoms with E-state index in [0.29, 0.717) is 0 Å². The molecule has 0 radical (unpaired) electrons. The van der Waals surface area contributed by atoms with Crippen LogP contribution in [-0.4, -0.2) is 36.1 Å². The molecule has 0 amide bonds. The Morgan fingerprint density at radius 3 is 2.67 bits per heavy atom. The summed E-state index contributed by atoms with van der Waals surface area (Å²) in [5, 5.41) is 7.68. The molecule has 0 spiro atoms. The summed E-state index contributed by atoms with van der Waals surface area (Å²) >= 11 is 8.06. The van der Waals surface area contributed by atoms with Crippen molar-refractivity contribution in [3.05, 3.63) is 45.9 Å². The van der Waals surface area contributed by atoms with E-state index in [4.69, 9.17) is 16.6 Å². The van der Waals surface area contributed by atoms with Crippen molar-refractivity contribution in [1.82, 2.24) is 9.88 Å². The first kappa shape index (κ1) is 20.6. The van der Waals surface area contributed by atoms with Crippen LogP contribution in [0.1, 0.15) is 63.6 Å². The summed E-state index contributed by atoms with van der Waals surface area (Å²) in [6, 6.07) is 8.41. The van der Waals surface area contributed by atoms with E-state index in [1.54, 1.807) is 11.3 Å². The summed E-state index contributed by atoms with van der Waals surface area (Å²) in [4.78, 5) is 7.48. The molecule has 1 aliphatic rings. The summed E-state index contributed by atoms with van der Waals surface area (Å²) in [5.41, 5.74) is 2.58. The Bertz CT molecular complexity index is 705. The highest BCUT2D eigenvalue weighted by Gasteiger charge is 2.37. The Kier molecular flexibility index (Phi) is 7.57. The number of aromatic nitrogens is 1. The molecule has 3 rings (SSSR count). The van der Waals surface area contributed by atoms with Gasteiger partial charge in [-0.15, -0.1) is 11.3 Å². The van der Waals surface area contributed by atoms with Crippen LogP contribution in [0.5, 0.6) is 0 Å². The van der Waals surface area contributed by atoms with Crippen molar-refractivity contribution < 1.29 is 0 Å². The maximum absolute atomic E-state index is 6.32. The van der Waals surface area contributed by atoms with Gasteiger partial charge in [0.25, 0.3) is 0 Å². The van der Waals surface area contributed by atoms with E-state index in [0.717, 1.165) is 42.8 Å². The predicted octanol–water partition coefficient (Wildman–Crippen LogP) is 6.19. The lowest BCUT2D eigenvalue weighted by Crippen LogP contribution is -2.31. The third kappa shape index (κ3) is 5.04. The molecule has 1 fully saturated rings. The van der Waals surface area contributed by atoms with E-state index < -0.39 is 0 Å². The van der Waals surface area contributed by atoms with E-state index in [1.165, 1.54) is 43.4 Å². The fraction of sp³-hybridized carbons (Fsp3) is 0.591. The number of thiazole rings is 1. The van der Waals surface area contributed by atoms with Crippen LogP contribution in [-0.2, 0) is 5.41 Å². The van der Waals surface area contributed by atoms with Crippen LogP contribution in [0.3, 0.4) is 0 Å². The highest BCUT2D eigenvalue weighted by atomic mass is 35.5. The lowest BCUT2D eigenvalue weighted by atomic mass is 9.67. The van der Waals surface area contributed by atoms with Crippen LogP contribution < -0.4 is 5.32 Å². The molecule has 3 nitrogen and oxygen atoms in total. The third-order valence-electron chi connectivity index (χ3n) is 5.90. The van der Waals surface area contributed by atoms with Crippen LogP contribution in [0.4, 0.5) is 5.13 Å². The Morgan fingerprint density at radius 1 is 1.19 bits per heavy atom. The second-order valence-electron chi connectivity index (χ2n) is 7.50. The number of benzene rings is 1. The first-order chi connectivity index (χ1) is 13.2. The summed E-state index contributed by atoms with van der Waals surface area (Å²) in [6.45, 7) is 8.82. The molecule has 0 saturated heterocycles. The van der Waals surface area contributed by atoms with Crippen LogP contribution >= 0.6 is 22.9 Å². The molecule has 2 aromatic rings. The topological polar surface area (TPSA) is 28.2 Å². The molecule has 1 aromatic heterocycles. The second-order valence-corrected chi connectivity index (χ2v) is 8.79. The standard InChI is InChI=1S/C22H32ClN3S/c1-3-26(4-2)15-9-14-24-21-25-20(17-27-21)22(12-6-5-7-13-22)18-10-8-11-19(23)16-18/h8,10-11,16-17H,3-7,9,12-15H2,1-2H3,(H,24,25). The summed E-state index contributed by atoms with van der Waals surface area (Å²) in [6.07, 6.45) is 7.32. The molecule has 0 atom stereocenters. The number of nitrogens with zero attached hydrogens (tertiary/aromatic N) is 2.